The van der Waals surface area contributed by atoms with Crippen LogP contribution in [0.3, 0.4) is 0 Å². The second kappa shape index (κ2) is 7.65. The average Bonchev–Trinajstić information content (AvgIpc) is 2.77. The zero-order valence-electron chi connectivity index (χ0n) is 16.1. The van der Waals surface area contributed by atoms with E-state index in [2.05, 4.69) is 95.0 Å². The highest BCUT2D eigenvalue weighted by Crippen LogP contribution is 2.40. The summed E-state index contributed by atoms with van der Waals surface area (Å²) in [6.45, 7) is 4.07. The number of hydrogen-bond donors (Lipinski definition) is 1. The molecular formula is C25H23N3. The largest absolute Gasteiger partial charge is 0.352 e. The zero-order valence-corrected chi connectivity index (χ0v) is 16.1. The summed E-state index contributed by atoms with van der Waals surface area (Å²) in [7, 11) is 0. The van der Waals surface area contributed by atoms with Gasteiger partial charge in [-0.2, -0.15) is 0 Å². The number of rotatable bonds is 5. The zero-order chi connectivity index (χ0) is 19.4. The smallest absolute Gasteiger partial charge is 0.133 e. The Labute approximate surface area is 166 Å². The predicted molar refractivity (Wildman–Crippen MR) is 114 cm³/mol. The second-order valence-electron chi connectivity index (χ2n) is 6.91. The van der Waals surface area contributed by atoms with Crippen LogP contribution in [-0.2, 0) is 5.54 Å². The number of benzene rings is 3. The fraction of sp³-hybridized carbons (Fsp3) is 0.120. The minimum atomic E-state index is -0.574. The minimum Gasteiger partial charge on any atom is -0.352 e. The van der Waals surface area contributed by atoms with Gasteiger partial charge in [-0.05, 0) is 30.5 Å². The average molecular weight is 365 g/mol. The van der Waals surface area contributed by atoms with Crippen LogP contribution in [0, 0.1) is 13.8 Å². The lowest BCUT2D eigenvalue weighted by atomic mass is 9.77. The van der Waals surface area contributed by atoms with Gasteiger partial charge in [0.2, 0.25) is 0 Å². The van der Waals surface area contributed by atoms with Crippen LogP contribution in [0.5, 0.6) is 0 Å². The molecule has 0 bridgehead atoms. The summed E-state index contributed by atoms with van der Waals surface area (Å²) >= 11 is 0. The first-order valence-electron chi connectivity index (χ1n) is 9.45. The number of anilines is 1. The maximum absolute atomic E-state index is 4.58. The summed E-state index contributed by atoms with van der Waals surface area (Å²) in [5.74, 6) is 0.837. The molecule has 138 valence electrons. The van der Waals surface area contributed by atoms with Crippen molar-refractivity contribution in [2.45, 2.75) is 19.4 Å². The van der Waals surface area contributed by atoms with E-state index in [-0.39, 0.29) is 0 Å². The van der Waals surface area contributed by atoms with Crippen LogP contribution in [0.1, 0.15) is 27.9 Å². The van der Waals surface area contributed by atoms with E-state index in [0.29, 0.717) is 0 Å². The van der Waals surface area contributed by atoms with Gasteiger partial charge < -0.3 is 5.32 Å². The molecule has 3 heteroatoms. The van der Waals surface area contributed by atoms with E-state index in [4.69, 9.17) is 0 Å². The van der Waals surface area contributed by atoms with Crippen molar-refractivity contribution in [3.8, 4) is 0 Å². The molecule has 0 spiro atoms. The summed E-state index contributed by atoms with van der Waals surface area (Å²) in [6, 6.07) is 31.6. The Bertz CT molecular complexity index is 948. The Morgan fingerprint density at radius 1 is 0.607 bits per heavy atom. The van der Waals surface area contributed by atoms with Crippen molar-refractivity contribution >= 4 is 5.82 Å². The Morgan fingerprint density at radius 3 is 1.46 bits per heavy atom. The highest BCUT2D eigenvalue weighted by Gasteiger charge is 2.37. The molecule has 0 fully saturated rings. The van der Waals surface area contributed by atoms with E-state index in [1.807, 2.05) is 25.1 Å². The monoisotopic (exact) mass is 365 g/mol. The van der Waals surface area contributed by atoms with Gasteiger partial charge in [0.15, 0.2) is 0 Å². The summed E-state index contributed by atoms with van der Waals surface area (Å²) < 4.78 is 0. The fourth-order valence-corrected chi connectivity index (χ4v) is 3.62. The first-order valence-corrected chi connectivity index (χ1v) is 9.45. The molecule has 0 radical (unpaired) electrons. The molecule has 28 heavy (non-hydrogen) atoms. The van der Waals surface area contributed by atoms with Crippen molar-refractivity contribution in [3.05, 3.63) is 125 Å². The van der Waals surface area contributed by atoms with Gasteiger partial charge in [0, 0.05) is 11.3 Å². The Morgan fingerprint density at radius 2 is 1.04 bits per heavy atom. The molecule has 4 rings (SSSR count). The molecule has 0 unspecified atom stereocenters. The third kappa shape index (κ3) is 3.16. The molecule has 1 N–H and O–H groups in total. The second-order valence-corrected chi connectivity index (χ2v) is 6.91. The molecule has 3 aromatic carbocycles. The van der Waals surface area contributed by atoms with Crippen LogP contribution < -0.4 is 5.32 Å². The molecule has 0 aliphatic heterocycles. The minimum absolute atomic E-state index is 0.574. The van der Waals surface area contributed by atoms with Crippen molar-refractivity contribution in [2.75, 3.05) is 5.32 Å². The van der Waals surface area contributed by atoms with Crippen molar-refractivity contribution in [1.82, 2.24) is 9.97 Å². The van der Waals surface area contributed by atoms with E-state index in [1.165, 1.54) is 0 Å². The van der Waals surface area contributed by atoms with Gasteiger partial charge >= 0.3 is 0 Å². The van der Waals surface area contributed by atoms with Gasteiger partial charge in [0.1, 0.15) is 17.7 Å². The van der Waals surface area contributed by atoms with Gasteiger partial charge in [-0.1, -0.05) is 91.0 Å². The van der Waals surface area contributed by atoms with Crippen LogP contribution in [0.2, 0.25) is 0 Å². The lowest BCUT2D eigenvalue weighted by molar-refractivity contribution is 0.704. The van der Waals surface area contributed by atoms with E-state index in [1.54, 1.807) is 6.33 Å². The fourth-order valence-electron chi connectivity index (χ4n) is 3.62. The van der Waals surface area contributed by atoms with Gasteiger partial charge in [0.25, 0.3) is 0 Å². The van der Waals surface area contributed by atoms with Crippen LogP contribution >= 0.6 is 0 Å². The third-order valence-corrected chi connectivity index (χ3v) is 5.26. The quantitative estimate of drug-likeness (QED) is 0.475. The van der Waals surface area contributed by atoms with Crippen LogP contribution in [0.15, 0.2) is 97.3 Å². The van der Waals surface area contributed by atoms with Gasteiger partial charge in [-0.15, -0.1) is 0 Å². The van der Waals surface area contributed by atoms with E-state index < -0.39 is 5.54 Å². The molecule has 0 amide bonds. The molecule has 0 atom stereocenters. The van der Waals surface area contributed by atoms with E-state index >= 15 is 0 Å². The summed E-state index contributed by atoms with van der Waals surface area (Å²) in [6.07, 6.45) is 1.62. The maximum Gasteiger partial charge on any atom is 0.133 e. The standard InChI is InChI=1S/C25H23N3/c1-19-20(2)26-18-27-24(19)28-25(21-12-6-3-7-13-21,22-14-8-4-9-15-22)23-16-10-5-11-17-23/h3-18H,1-2H3,(H,26,27,28). The first-order chi connectivity index (χ1) is 13.7. The normalized spacial score (nSPS) is 11.2. The van der Waals surface area contributed by atoms with Crippen LogP contribution in [0.25, 0.3) is 0 Å². The molecule has 4 aromatic rings. The van der Waals surface area contributed by atoms with Crippen molar-refractivity contribution < 1.29 is 0 Å². The topological polar surface area (TPSA) is 37.8 Å². The SMILES string of the molecule is Cc1ncnc(NC(c2ccccc2)(c2ccccc2)c2ccccc2)c1C. The van der Waals surface area contributed by atoms with Gasteiger partial charge in [-0.3, -0.25) is 0 Å². The highest BCUT2D eigenvalue weighted by molar-refractivity contribution is 5.60. The Kier molecular flexibility index (Phi) is 4.90. The molecule has 0 saturated carbocycles. The lowest BCUT2D eigenvalue weighted by Gasteiger charge is -2.37. The van der Waals surface area contributed by atoms with Crippen LogP contribution in [0.4, 0.5) is 5.82 Å². The number of hydrogen-bond acceptors (Lipinski definition) is 3. The molecule has 0 aliphatic carbocycles. The number of nitrogens with one attached hydrogen (secondary N) is 1. The van der Waals surface area contributed by atoms with E-state index in [9.17, 15) is 0 Å². The summed E-state index contributed by atoms with van der Waals surface area (Å²) in [4.78, 5) is 8.91. The predicted octanol–water partition coefficient (Wildman–Crippen LogP) is 5.50. The van der Waals surface area contributed by atoms with Crippen molar-refractivity contribution in [1.29, 1.82) is 0 Å². The van der Waals surface area contributed by atoms with E-state index in [0.717, 1.165) is 33.8 Å². The first kappa shape index (κ1) is 17.9. The molecule has 3 nitrogen and oxygen atoms in total. The van der Waals surface area contributed by atoms with Crippen molar-refractivity contribution in [3.63, 3.8) is 0 Å². The van der Waals surface area contributed by atoms with Gasteiger partial charge in [0.05, 0.1) is 0 Å². The number of aryl methyl sites for hydroxylation is 1. The molecular weight excluding hydrogens is 342 g/mol. The summed E-state index contributed by atoms with van der Waals surface area (Å²) in [5.41, 5.74) is 4.92. The lowest BCUT2D eigenvalue weighted by Crippen LogP contribution is -2.38. The highest BCUT2D eigenvalue weighted by atomic mass is 15.1. The molecule has 0 saturated heterocycles. The molecule has 1 heterocycles. The Hall–Kier alpha value is -3.46. The van der Waals surface area contributed by atoms with Crippen LogP contribution in [-0.4, -0.2) is 9.97 Å². The summed E-state index contributed by atoms with van der Waals surface area (Å²) in [5, 5.41) is 3.80. The molecule has 1 aromatic heterocycles. The van der Waals surface area contributed by atoms with Crippen molar-refractivity contribution in [2.24, 2.45) is 0 Å². The molecule has 0 aliphatic rings. The number of aromatic nitrogens is 2. The number of nitrogens with zero attached hydrogens (tertiary/aromatic N) is 2. The Balaban J connectivity index is 2.02. The maximum atomic E-state index is 4.58. The third-order valence-electron chi connectivity index (χ3n) is 5.26. The van der Waals surface area contributed by atoms with Gasteiger partial charge in [-0.25, -0.2) is 9.97 Å².